The summed E-state index contributed by atoms with van der Waals surface area (Å²) in [4.78, 5) is 28.2. The summed E-state index contributed by atoms with van der Waals surface area (Å²) in [6, 6.07) is 0.206. The van der Waals surface area contributed by atoms with Gasteiger partial charge in [-0.15, -0.1) is 0 Å². The first-order chi connectivity index (χ1) is 8.45. The summed E-state index contributed by atoms with van der Waals surface area (Å²) in [6.07, 6.45) is 2.06. The van der Waals surface area contributed by atoms with Gasteiger partial charge in [0, 0.05) is 25.7 Å². The zero-order chi connectivity index (χ0) is 13.7. The van der Waals surface area contributed by atoms with Crippen molar-refractivity contribution < 1.29 is 14.7 Å². The Morgan fingerprint density at radius 2 is 2.06 bits per heavy atom. The zero-order valence-electron chi connectivity index (χ0n) is 11.4. The van der Waals surface area contributed by atoms with Gasteiger partial charge in [0.25, 0.3) is 0 Å². The monoisotopic (exact) mass is 257 g/mol. The summed E-state index contributed by atoms with van der Waals surface area (Å²) in [5, 5.41) is 8.78. The molecule has 1 unspecified atom stereocenters. The molecule has 1 rings (SSSR count). The van der Waals surface area contributed by atoms with Crippen molar-refractivity contribution >= 4 is 12.0 Å². The highest BCUT2D eigenvalue weighted by atomic mass is 16.4. The third-order valence-electron chi connectivity index (χ3n) is 3.38. The Hall–Kier alpha value is -1.30. The Morgan fingerprint density at radius 1 is 1.39 bits per heavy atom. The van der Waals surface area contributed by atoms with E-state index >= 15 is 0 Å². The maximum Gasteiger partial charge on any atom is 0.323 e. The summed E-state index contributed by atoms with van der Waals surface area (Å²) < 4.78 is 0. The molecule has 1 aliphatic heterocycles. The topological polar surface area (TPSA) is 64.1 Å². The van der Waals surface area contributed by atoms with E-state index in [2.05, 4.69) is 4.90 Å². The smallest absolute Gasteiger partial charge is 0.323 e. The number of carboxylic acid groups (broad SMARTS) is 1. The quantitative estimate of drug-likeness (QED) is 0.798. The predicted octanol–water partition coefficient (Wildman–Crippen LogP) is 0.539. The molecule has 18 heavy (non-hydrogen) atoms. The molecule has 0 radical (unpaired) electrons. The van der Waals surface area contributed by atoms with Crippen molar-refractivity contribution in [2.24, 2.45) is 0 Å². The second-order valence-electron chi connectivity index (χ2n) is 4.90. The first-order valence-electron chi connectivity index (χ1n) is 6.37. The fourth-order valence-corrected chi connectivity index (χ4v) is 2.23. The van der Waals surface area contributed by atoms with Crippen molar-refractivity contribution in [3.8, 4) is 0 Å². The summed E-state index contributed by atoms with van der Waals surface area (Å²) in [5.41, 5.74) is 0. The molecule has 0 spiro atoms. The maximum absolute atomic E-state index is 12.2. The first kappa shape index (κ1) is 14.8. The Kier molecular flexibility index (Phi) is 5.40. The van der Waals surface area contributed by atoms with Crippen molar-refractivity contribution in [1.29, 1.82) is 0 Å². The molecule has 1 fully saturated rings. The number of hydrogen-bond acceptors (Lipinski definition) is 3. The van der Waals surface area contributed by atoms with E-state index in [9.17, 15) is 9.59 Å². The van der Waals surface area contributed by atoms with Crippen molar-refractivity contribution in [3.63, 3.8) is 0 Å². The van der Waals surface area contributed by atoms with Crippen LogP contribution in [0.3, 0.4) is 0 Å². The third-order valence-corrected chi connectivity index (χ3v) is 3.38. The van der Waals surface area contributed by atoms with Crippen LogP contribution in [0.15, 0.2) is 0 Å². The lowest BCUT2D eigenvalue weighted by Crippen LogP contribution is -2.52. The lowest BCUT2D eigenvalue weighted by molar-refractivity contribution is -0.137. The van der Waals surface area contributed by atoms with E-state index in [0.29, 0.717) is 19.1 Å². The molecular formula is C12H23N3O3. The van der Waals surface area contributed by atoms with Gasteiger partial charge in [-0.05, 0) is 33.9 Å². The van der Waals surface area contributed by atoms with Crippen LogP contribution >= 0.6 is 0 Å². The highest BCUT2D eigenvalue weighted by Gasteiger charge is 2.28. The molecule has 0 aromatic carbocycles. The highest BCUT2D eigenvalue weighted by Crippen LogP contribution is 2.15. The van der Waals surface area contributed by atoms with E-state index in [1.165, 1.54) is 4.90 Å². The van der Waals surface area contributed by atoms with E-state index in [0.717, 1.165) is 19.4 Å². The molecular weight excluding hydrogens is 234 g/mol. The molecule has 0 aromatic rings. The number of likely N-dealkylation sites (N-methyl/N-ethyl adjacent to an activating group) is 2. The summed E-state index contributed by atoms with van der Waals surface area (Å²) in [6.45, 7) is 3.40. The summed E-state index contributed by atoms with van der Waals surface area (Å²) in [7, 11) is 4.01. The van der Waals surface area contributed by atoms with Crippen LogP contribution in [0.25, 0.3) is 0 Å². The average molecular weight is 257 g/mol. The predicted molar refractivity (Wildman–Crippen MR) is 68.6 cm³/mol. The molecule has 6 heteroatoms. The second-order valence-corrected chi connectivity index (χ2v) is 4.90. The molecule has 1 heterocycles. The van der Waals surface area contributed by atoms with Gasteiger partial charge in [0.2, 0.25) is 0 Å². The molecule has 6 nitrogen and oxygen atoms in total. The number of carboxylic acids is 1. The van der Waals surface area contributed by atoms with Crippen molar-refractivity contribution in [1.82, 2.24) is 14.7 Å². The van der Waals surface area contributed by atoms with Crippen LogP contribution in [0.2, 0.25) is 0 Å². The zero-order valence-corrected chi connectivity index (χ0v) is 11.4. The van der Waals surface area contributed by atoms with Crippen LogP contribution in [0.1, 0.15) is 19.8 Å². The van der Waals surface area contributed by atoms with Gasteiger partial charge in [0.1, 0.15) is 6.54 Å². The third kappa shape index (κ3) is 3.87. The van der Waals surface area contributed by atoms with E-state index in [1.54, 1.807) is 11.8 Å². The van der Waals surface area contributed by atoms with Gasteiger partial charge in [-0.1, -0.05) is 0 Å². The number of rotatable bonds is 4. The molecule has 1 saturated heterocycles. The normalized spacial score (nSPS) is 20.0. The SMILES string of the molecule is CCN(CC(=O)O)C(=O)N1CCCC(N(C)C)C1. The molecule has 0 saturated carbocycles. The number of piperidine rings is 1. The average Bonchev–Trinajstić information content (AvgIpc) is 2.35. The number of likely N-dealkylation sites (tertiary alicyclic amines) is 1. The van der Waals surface area contributed by atoms with E-state index in [4.69, 9.17) is 5.11 Å². The lowest BCUT2D eigenvalue weighted by Gasteiger charge is -2.38. The fraction of sp³-hybridized carbons (Fsp3) is 0.833. The number of urea groups is 1. The van der Waals surface area contributed by atoms with Crippen LogP contribution in [0.4, 0.5) is 4.79 Å². The molecule has 1 aliphatic rings. The minimum absolute atomic E-state index is 0.161. The summed E-state index contributed by atoms with van der Waals surface area (Å²) in [5.74, 6) is -0.966. The minimum Gasteiger partial charge on any atom is -0.480 e. The van der Waals surface area contributed by atoms with Crippen LogP contribution in [0.5, 0.6) is 0 Å². The lowest BCUT2D eigenvalue weighted by atomic mass is 10.1. The number of carbonyl (C=O) groups is 2. The van der Waals surface area contributed by atoms with Gasteiger partial charge in [-0.3, -0.25) is 4.79 Å². The van der Waals surface area contributed by atoms with Crippen molar-refractivity contribution in [2.75, 3.05) is 40.3 Å². The van der Waals surface area contributed by atoms with Crippen LogP contribution in [-0.4, -0.2) is 78.1 Å². The number of amides is 2. The molecule has 2 amide bonds. The van der Waals surface area contributed by atoms with Gasteiger partial charge in [-0.2, -0.15) is 0 Å². The van der Waals surface area contributed by atoms with E-state index in [1.807, 2.05) is 14.1 Å². The largest absolute Gasteiger partial charge is 0.480 e. The Balaban J connectivity index is 2.61. The Labute approximate surface area is 108 Å². The minimum atomic E-state index is -0.966. The molecule has 104 valence electrons. The fourth-order valence-electron chi connectivity index (χ4n) is 2.23. The van der Waals surface area contributed by atoms with Crippen LogP contribution in [0, 0.1) is 0 Å². The standard InChI is InChI=1S/C12H23N3O3/c1-4-14(9-11(16)17)12(18)15-7-5-6-10(8-15)13(2)3/h10H,4-9H2,1-3H3,(H,16,17). The number of carbonyl (C=O) groups excluding carboxylic acids is 1. The molecule has 0 aromatic heterocycles. The van der Waals surface area contributed by atoms with Crippen LogP contribution < -0.4 is 0 Å². The van der Waals surface area contributed by atoms with Gasteiger partial charge < -0.3 is 19.8 Å². The van der Waals surface area contributed by atoms with Gasteiger partial charge >= 0.3 is 12.0 Å². The van der Waals surface area contributed by atoms with Gasteiger partial charge in [0.15, 0.2) is 0 Å². The number of aliphatic carboxylic acids is 1. The van der Waals surface area contributed by atoms with Crippen molar-refractivity contribution in [3.05, 3.63) is 0 Å². The molecule has 0 aliphatic carbocycles. The van der Waals surface area contributed by atoms with Crippen LogP contribution in [-0.2, 0) is 4.79 Å². The Morgan fingerprint density at radius 3 is 2.56 bits per heavy atom. The maximum atomic E-state index is 12.2. The number of hydrogen-bond donors (Lipinski definition) is 1. The van der Waals surface area contributed by atoms with E-state index in [-0.39, 0.29) is 12.6 Å². The summed E-state index contributed by atoms with van der Waals surface area (Å²) >= 11 is 0. The number of nitrogens with zero attached hydrogens (tertiary/aromatic N) is 3. The molecule has 1 N–H and O–H groups in total. The second kappa shape index (κ2) is 6.58. The highest BCUT2D eigenvalue weighted by molar-refractivity contribution is 5.80. The Bertz CT molecular complexity index is 307. The molecule has 0 bridgehead atoms. The van der Waals surface area contributed by atoms with E-state index < -0.39 is 5.97 Å². The van der Waals surface area contributed by atoms with Crippen molar-refractivity contribution in [2.45, 2.75) is 25.8 Å². The first-order valence-corrected chi connectivity index (χ1v) is 6.37. The van der Waals surface area contributed by atoms with Gasteiger partial charge in [-0.25, -0.2) is 4.79 Å². The van der Waals surface area contributed by atoms with Gasteiger partial charge in [0.05, 0.1) is 0 Å². The molecule has 1 atom stereocenters.